The lowest BCUT2D eigenvalue weighted by molar-refractivity contribution is 0.601. The Balaban J connectivity index is 3.11. The lowest BCUT2D eigenvalue weighted by Crippen LogP contribution is -2.01. The molecule has 1 aromatic carbocycles. The van der Waals surface area contributed by atoms with Gasteiger partial charge in [0.2, 0.25) is 0 Å². The average Bonchev–Trinajstić information content (AvgIpc) is 2.25. The maximum Gasteiger partial charge on any atom is 0.175 e. The van der Waals surface area contributed by atoms with Gasteiger partial charge in [-0.25, -0.2) is 8.42 Å². The van der Waals surface area contributed by atoms with Gasteiger partial charge in [0.15, 0.2) is 9.84 Å². The Morgan fingerprint density at radius 3 is 2.62 bits per heavy atom. The molecule has 2 nitrogen and oxygen atoms in total. The van der Waals surface area contributed by atoms with Gasteiger partial charge in [-0.2, -0.15) is 0 Å². The molecule has 0 aromatic heterocycles. The molecule has 0 aliphatic rings. The Morgan fingerprint density at radius 2 is 2.12 bits per heavy atom. The van der Waals surface area contributed by atoms with E-state index >= 15 is 0 Å². The van der Waals surface area contributed by atoms with Crippen molar-refractivity contribution >= 4 is 9.84 Å². The third kappa shape index (κ3) is 3.20. The molecule has 0 amide bonds. The molecule has 88 valence electrons. The van der Waals surface area contributed by atoms with Crippen LogP contribution < -0.4 is 0 Å². The second kappa shape index (κ2) is 5.30. The number of sulfone groups is 1. The lowest BCUT2D eigenvalue weighted by Gasteiger charge is -2.13. The van der Waals surface area contributed by atoms with Gasteiger partial charge in [-0.3, -0.25) is 0 Å². The zero-order valence-electron chi connectivity index (χ0n) is 9.81. The van der Waals surface area contributed by atoms with E-state index in [1.54, 1.807) is 18.2 Å². The van der Waals surface area contributed by atoms with E-state index in [4.69, 9.17) is 0 Å². The predicted octanol–water partition coefficient (Wildman–Crippen LogP) is 3.16. The minimum absolute atomic E-state index is 0.360. The summed E-state index contributed by atoms with van der Waals surface area (Å²) < 4.78 is 22.9. The molecule has 0 aliphatic carbocycles. The Bertz CT molecular complexity index is 461. The van der Waals surface area contributed by atoms with E-state index in [0.29, 0.717) is 10.8 Å². The van der Waals surface area contributed by atoms with Crippen LogP contribution in [0.15, 0.2) is 41.8 Å². The molecule has 0 saturated carbocycles. The quantitative estimate of drug-likeness (QED) is 0.738. The van der Waals surface area contributed by atoms with Crippen molar-refractivity contribution in [2.24, 2.45) is 0 Å². The summed E-state index contributed by atoms with van der Waals surface area (Å²) in [6.07, 6.45) is 4.98. The Hall–Kier alpha value is -1.09. The first-order valence-electron chi connectivity index (χ1n) is 5.40. The smallest absolute Gasteiger partial charge is 0.175 e. The van der Waals surface area contributed by atoms with Gasteiger partial charge >= 0.3 is 0 Å². The summed E-state index contributed by atoms with van der Waals surface area (Å²) in [6.45, 7) is 5.83. The van der Waals surface area contributed by atoms with Crippen molar-refractivity contribution in [3.63, 3.8) is 0 Å². The molecule has 0 fully saturated rings. The van der Waals surface area contributed by atoms with Crippen molar-refractivity contribution in [2.45, 2.75) is 30.6 Å². The zero-order valence-corrected chi connectivity index (χ0v) is 10.6. The van der Waals surface area contributed by atoms with Crippen LogP contribution in [0.5, 0.6) is 0 Å². The summed E-state index contributed by atoms with van der Waals surface area (Å²) in [5, 5.41) is 0. The summed E-state index contributed by atoms with van der Waals surface area (Å²) in [4.78, 5) is 0.396. The Kier molecular flexibility index (Phi) is 4.30. The van der Waals surface area contributed by atoms with E-state index in [0.717, 1.165) is 18.4 Å². The van der Waals surface area contributed by atoms with Crippen LogP contribution >= 0.6 is 0 Å². The molecule has 16 heavy (non-hydrogen) atoms. The first-order valence-corrected chi connectivity index (χ1v) is 7.29. The molecule has 0 N–H and O–H groups in total. The van der Waals surface area contributed by atoms with E-state index < -0.39 is 9.84 Å². The molecular formula is C13H18O2S. The maximum atomic E-state index is 11.4. The monoisotopic (exact) mass is 238 g/mol. The van der Waals surface area contributed by atoms with Crippen LogP contribution in [0.2, 0.25) is 0 Å². The minimum atomic E-state index is -3.11. The van der Waals surface area contributed by atoms with Gasteiger partial charge in [0.05, 0.1) is 4.90 Å². The van der Waals surface area contributed by atoms with E-state index in [9.17, 15) is 8.42 Å². The summed E-state index contributed by atoms with van der Waals surface area (Å²) in [6, 6.07) is 7.19. The van der Waals surface area contributed by atoms with Gasteiger partial charge in [0.25, 0.3) is 0 Å². The molecule has 0 saturated heterocycles. The highest BCUT2D eigenvalue weighted by Crippen LogP contribution is 2.25. The predicted molar refractivity (Wildman–Crippen MR) is 67.4 cm³/mol. The highest BCUT2D eigenvalue weighted by atomic mass is 32.2. The highest BCUT2D eigenvalue weighted by molar-refractivity contribution is 7.90. The second-order valence-corrected chi connectivity index (χ2v) is 5.99. The van der Waals surface area contributed by atoms with Gasteiger partial charge < -0.3 is 0 Å². The Labute approximate surface area is 97.9 Å². The van der Waals surface area contributed by atoms with E-state index in [1.807, 2.05) is 12.1 Å². The van der Waals surface area contributed by atoms with Crippen molar-refractivity contribution in [3.05, 3.63) is 42.5 Å². The van der Waals surface area contributed by atoms with Crippen molar-refractivity contribution in [3.8, 4) is 0 Å². The number of rotatable bonds is 5. The average molecular weight is 238 g/mol. The minimum Gasteiger partial charge on any atom is -0.224 e. The molecule has 0 heterocycles. The molecular weight excluding hydrogens is 220 g/mol. The largest absolute Gasteiger partial charge is 0.224 e. The van der Waals surface area contributed by atoms with Crippen LogP contribution in [0.25, 0.3) is 0 Å². The van der Waals surface area contributed by atoms with E-state index in [2.05, 4.69) is 13.5 Å². The SMILES string of the molecule is C=CCC(CC)c1cccc(S(C)(=O)=O)c1. The van der Waals surface area contributed by atoms with E-state index in [-0.39, 0.29) is 0 Å². The van der Waals surface area contributed by atoms with Crippen molar-refractivity contribution < 1.29 is 8.42 Å². The van der Waals surface area contributed by atoms with Crippen molar-refractivity contribution in [1.29, 1.82) is 0 Å². The summed E-state index contributed by atoms with van der Waals surface area (Å²) in [5.41, 5.74) is 1.07. The topological polar surface area (TPSA) is 34.1 Å². The standard InChI is InChI=1S/C13H18O2S/c1-4-7-11(5-2)12-8-6-9-13(10-12)16(3,14)15/h4,6,8-11H,1,5,7H2,2-3H3. The number of allylic oxidation sites excluding steroid dienone is 1. The normalized spacial score (nSPS) is 13.4. The maximum absolute atomic E-state index is 11.4. The van der Waals surface area contributed by atoms with Gasteiger partial charge in [-0.1, -0.05) is 25.1 Å². The zero-order chi connectivity index (χ0) is 12.2. The fraction of sp³-hybridized carbons (Fsp3) is 0.385. The van der Waals surface area contributed by atoms with Crippen LogP contribution in [-0.2, 0) is 9.84 Å². The number of benzene rings is 1. The molecule has 0 aliphatic heterocycles. The molecule has 1 atom stereocenters. The Morgan fingerprint density at radius 1 is 1.44 bits per heavy atom. The van der Waals surface area contributed by atoms with Crippen molar-refractivity contribution in [2.75, 3.05) is 6.26 Å². The summed E-state index contributed by atoms with van der Waals surface area (Å²) >= 11 is 0. The second-order valence-electron chi connectivity index (χ2n) is 3.97. The molecule has 0 spiro atoms. The van der Waals surface area contributed by atoms with Crippen LogP contribution in [-0.4, -0.2) is 14.7 Å². The first-order chi connectivity index (χ1) is 7.49. The van der Waals surface area contributed by atoms with Crippen LogP contribution in [0.4, 0.5) is 0 Å². The third-order valence-corrected chi connectivity index (χ3v) is 3.81. The molecule has 0 bridgehead atoms. The van der Waals surface area contributed by atoms with Crippen LogP contribution in [0.3, 0.4) is 0 Å². The highest BCUT2D eigenvalue weighted by Gasteiger charge is 2.11. The lowest BCUT2D eigenvalue weighted by atomic mass is 9.93. The van der Waals surface area contributed by atoms with E-state index in [1.165, 1.54) is 6.26 Å². The van der Waals surface area contributed by atoms with Gasteiger partial charge in [-0.05, 0) is 36.5 Å². The fourth-order valence-corrected chi connectivity index (χ4v) is 2.41. The number of hydrogen-bond donors (Lipinski definition) is 0. The fourth-order valence-electron chi connectivity index (χ4n) is 1.74. The van der Waals surface area contributed by atoms with Gasteiger partial charge in [0.1, 0.15) is 0 Å². The molecule has 1 aromatic rings. The first kappa shape index (κ1) is 13.0. The van der Waals surface area contributed by atoms with Gasteiger partial charge in [-0.15, -0.1) is 6.58 Å². The summed E-state index contributed by atoms with van der Waals surface area (Å²) in [7, 11) is -3.11. The number of hydrogen-bond acceptors (Lipinski definition) is 2. The molecule has 1 unspecified atom stereocenters. The molecule has 3 heteroatoms. The van der Waals surface area contributed by atoms with Crippen molar-refractivity contribution in [1.82, 2.24) is 0 Å². The molecule has 0 radical (unpaired) electrons. The van der Waals surface area contributed by atoms with Crippen LogP contribution in [0, 0.1) is 0 Å². The third-order valence-electron chi connectivity index (χ3n) is 2.70. The van der Waals surface area contributed by atoms with Gasteiger partial charge in [0, 0.05) is 6.26 Å². The molecule has 1 rings (SSSR count). The summed E-state index contributed by atoms with van der Waals surface area (Å²) in [5.74, 6) is 0.360. The van der Waals surface area contributed by atoms with Crippen LogP contribution in [0.1, 0.15) is 31.2 Å².